The van der Waals surface area contributed by atoms with Crippen molar-refractivity contribution in [2.24, 2.45) is 5.73 Å². The molecule has 4 heterocycles. The van der Waals surface area contributed by atoms with Crippen molar-refractivity contribution in [3.63, 3.8) is 0 Å². The summed E-state index contributed by atoms with van der Waals surface area (Å²) in [7, 11) is 0. The number of nitrogens with two attached hydrogens (primary N) is 1. The van der Waals surface area contributed by atoms with E-state index in [9.17, 15) is 4.79 Å². The molecule has 1 atom stereocenters. The van der Waals surface area contributed by atoms with Crippen molar-refractivity contribution in [3.8, 4) is 11.8 Å². The summed E-state index contributed by atoms with van der Waals surface area (Å²) in [5.74, 6) is 7.15. The fraction of sp³-hybridized carbons (Fsp3) is 0.417. The van der Waals surface area contributed by atoms with E-state index in [1.165, 1.54) is 4.68 Å². The Balaban J connectivity index is 0.00000274. The van der Waals surface area contributed by atoms with E-state index in [2.05, 4.69) is 32.9 Å². The summed E-state index contributed by atoms with van der Waals surface area (Å²) in [5, 5.41) is 4.36. The fourth-order valence-corrected chi connectivity index (χ4v) is 4.55. The van der Waals surface area contributed by atoms with Crippen molar-refractivity contribution in [2.45, 2.75) is 52.7 Å². The highest BCUT2D eigenvalue weighted by molar-refractivity contribution is 5.85. The van der Waals surface area contributed by atoms with Crippen LogP contribution in [0.15, 0.2) is 27.5 Å². The van der Waals surface area contributed by atoms with Gasteiger partial charge in [-0.05, 0) is 50.8 Å². The smallest absolute Gasteiger partial charge is 0.293 e. The van der Waals surface area contributed by atoms with Gasteiger partial charge >= 0.3 is 0 Å². The van der Waals surface area contributed by atoms with Crippen LogP contribution in [0.2, 0.25) is 0 Å². The first-order valence-electron chi connectivity index (χ1n) is 11.2. The first-order chi connectivity index (χ1) is 15.9. The number of aromatic nitrogens is 5. The minimum Gasteiger partial charge on any atom is -0.438 e. The van der Waals surface area contributed by atoms with Gasteiger partial charge in [-0.15, -0.1) is 18.3 Å². The topological polar surface area (TPSA) is 108 Å². The van der Waals surface area contributed by atoms with E-state index in [-0.39, 0.29) is 30.6 Å². The molecule has 1 fully saturated rings. The highest BCUT2D eigenvalue weighted by Crippen LogP contribution is 2.24. The molecule has 0 aliphatic carbocycles. The molecule has 5 rings (SSSR count). The van der Waals surface area contributed by atoms with E-state index >= 15 is 0 Å². The summed E-state index contributed by atoms with van der Waals surface area (Å²) >= 11 is 0. The minimum atomic E-state index is -0.249. The van der Waals surface area contributed by atoms with Crippen molar-refractivity contribution in [3.05, 3.63) is 45.7 Å². The fourth-order valence-electron chi connectivity index (χ4n) is 4.55. The number of nitrogens with zero attached hydrogens (tertiary/aromatic N) is 6. The van der Waals surface area contributed by atoms with E-state index in [1.807, 2.05) is 24.5 Å². The van der Waals surface area contributed by atoms with Gasteiger partial charge in [-0.2, -0.15) is 5.10 Å². The highest BCUT2D eigenvalue weighted by Gasteiger charge is 2.24. The standard InChI is InChI=1S/C24H27N7O2.ClH/c1-4-5-9-30-21-19(28-24(30)29-8-6-7-17(25)13-29)12-26-31(23(21)32)14-20-27-18-11-15(2)10-16(3)22(18)33-20;/h10-12,17H,6-9,13-14,25H2,1-3H3;1H/t17-;/m1./s1. The maximum Gasteiger partial charge on any atom is 0.293 e. The van der Waals surface area contributed by atoms with Crippen molar-refractivity contribution in [1.82, 2.24) is 24.3 Å². The van der Waals surface area contributed by atoms with Crippen molar-refractivity contribution >= 4 is 40.5 Å². The number of benzene rings is 1. The van der Waals surface area contributed by atoms with Crippen molar-refractivity contribution in [2.75, 3.05) is 18.0 Å². The van der Waals surface area contributed by atoms with Gasteiger partial charge in [0, 0.05) is 19.1 Å². The predicted octanol–water partition coefficient (Wildman–Crippen LogP) is 2.77. The summed E-state index contributed by atoms with van der Waals surface area (Å²) in [6.07, 6.45) is 3.60. The number of halogens is 1. The second-order valence-electron chi connectivity index (χ2n) is 8.65. The van der Waals surface area contributed by atoms with E-state index in [0.29, 0.717) is 36.0 Å². The van der Waals surface area contributed by atoms with Crippen LogP contribution >= 0.6 is 12.4 Å². The Hall–Kier alpha value is -3.35. The van der Waals surface area contributed by atoms with Gasteiger partial charge in [0.25, 0.3) is 5.56 Å². The Morgan fingerprint density at radius 1 is 1.24 bits per heavy atom. The van der Waals surface area contributed by atoms with Crippen LogP contribution in [0, 0.1) is 25.7 Å². The first-order valence-corrected chi connectivity index (χ1v) is 11.2. The van der Waals surface area contributed by atoms with Crippen molar-refractivity contribution < 1.29 is 4.42 Å². The molecule has 1 aromatic carbocycles. The highest BCUT2D eigenvalue weighted by atomic mass is 35.5. The molecular weight excluding hydrogens is 454 g/mol. The lowest BCUT2D eigenvalue weighted by Gasteiger charge is -2.31. The van der Waals surface area contributed by atoms with Gasteiger partial charge in [0.15, 0.2) is 5.58 Å². The Morgan fingerprint density at radius 3 is 2.82 bits per heavy atom. The molecule has 34 heavy (non-hydrogen) atoms. The van der Waals surface area contributed by atoms with Gasteiger partial charge in [0.1, 0.15) is 23.1 Å². The molecule has 0 bridgehead atoms. The Kier molecular flexibility index (Phi) is 6.64. The third-order valence-corrected chi connectivity index (χ3v) is 6.03. The predicted molar refractivity (Wildman–Crippen MR) is 134 cm³/mol. The molecule has 10 heteroatoms. The SMILES string of the molecule is CC#CCn1c(N2CCC[C@@H](N)C2)nc2cnn(Cc3nc4cc(C)cc(C)c4o3)c(=O)c21.Cl. The molecule has 0 spiro atoms. The van der Waals surface area contributed by atoms with Gasteiger partial charge in [-0.25, -0.2) is 14.6 Å². The number of hydrogen-bond acceptors (Lipinski definition) is 7. The molecule has 1 aliphatic heterocycles. The lowest BCUT2D eigenvalue weighted by Crippen LogP contribution is -2.44. The monoisotopic (exact) mass is 481 g/mol. The molecule has 0 unspecified atom stereocenters. The largest absolute Gasteiger partial charge is 0.438 e. The number of rotatable bonds is 4. The molecule has 1 saturated heterocycles. The van der Waals surface area contributed by atoms with Crippen LogP contribution < -0.4 is 16.2 Å². The van der Waals surface area contributed by atoms with Gasteiger partial charge in [0.05, 0.1) is 12.7 Å². The van der Waals surface area contributed by atoms with Gasteiger partial charge in [0.2, 0.25) is 11.8 Å². The lowest BCUT2D eigenvalue weighted by atomic mass is 10.1. The lowest BCUT2D eigenvalue weighted by molar-refractivity contribution is 0.481. The summed E-state index contributed by atoms with van der Waals surface area (Å²) in [4.78, 5) is 24.9. The zero-order chi connectivity index (χ0) is 23.1. The third kappa shape index (κ3) is 4.27. The Morgan fingerprint density at radius 2 is 2.06 bits per heavy atom. The summed E-state index contributed by atoms with van der Waals surface area (Å²) < 4.78 is 9.21. The van der Waals surface area contributed by atoms with Crippen LogP contribution in [0.3, 0.4) is 0 Å². The molecule has 9 nitrogen and oxygen atoms in total. The zero-order valence-corrected chi connectivity index (χ0v) is 20.4. The molecule has 2 N–H and O–H groups in total. The van der Waals surface area contributed by atoms with Gasteiger partial charge in [-0.1, -0.05) is 12.0 Å². The van der Waals surface area contributed by atoms with E-state index in [4.69, 9.17) is 15.1 Å². The van der Waals surface area contributed by atoms with Crippen LogP contribution in [0.25, 0.3) is 22.1 Å². The average molecular weight is 482 g/mol. The number of piperidine rings is 1. The molecule has 3 aromatic heterocycles. The maximum atomic E-state index is 13.5. The second kappa shape index (κ2) is 9.49. The van der Waals surface area contributed by atoms with Gasteiger partial charge in [-0.3, -0.25) is 9.36 Å². The molecule has 0 saturated carbocycles. The third-order valence-electron chi connectivity index (χ3n) is 6.03. The molecule has 178 valence electrons. The summed E-state index contributed by atoms with van der Waals surface area (Å²) in [6.45, 7) is 7.85. The molecular formula is C24H28ClN7O2. The number of oxazole rings is 1. The quantitative estimate of drug-likeness (QED) is 0.446. The van der Waals surface area contributed by atoms with Crippen molar-refractivity contribution in [1.29, 1.82) is 0 Å². The Bertz CT molecular complexity index is 1470. The first kappa shape index (κ1) is 23.8. The van der Waals surface area contributed by atoms with Crippen LogP contribution in [-0.2, 0) is 13.1 Å². The summed E-state index contributed by atoms with van der Waals surface area (Å²) in [5.41, 5.74) is 10.6. The Labute approximate surface area is 203 Å². The number of hydrogen-bond donors (Lipinski definition) is 1. The van der Waals surface area contributed by atoms with Crippen LogP contribution in [-0.4, -0.2) is 43.4 Å². The number of aryl methyl sites for hydroxylation is 2. The minimum absolute atomic E-state index is 0. The zero-order valence-electron chi connectivity index (χ0n) is 19.5. The van der Waals surface area contributed by atoms with Gasteiger partial charge < -0.3 is 15.1 Å². The number of anilines is 1. The molecule has 1 aliphatic rings. The van der Waals surface area contributed by atoms with Crippen LogP contribution in [0.1, 0.15) is 36.8 Å². The normalized spacial score (nSPS) is 15.9. The number of fused-ring (bicyclic) bond motifs is 2. The average Bonchev–Trinajstić information content (AvgIpc) is 3.36. The molecule has 4 aromatic rings. The maximum absolute atomic E-state index is 13.5. The summed E-state index contributed by atoms with van der Waals surface area (Å²) in [6, 6.07) is 4.11. The van der Waals surface area contributed by atoms with Crippen LogP contribution in [0.4, 0.5) is 5.95 Å². The second-order valence-corrected chi connectivity index (χ2v) is 8.65. The number of imidazole rings is 1. The van der Waals surface area contributed by atoms with E-state index in [0.717, 1.165) is 41.6 Å². The van der Waals surface area contributed by atoms with E-state index in [1.54, 1.807) is 13.1 Å². The van der Waals surface area contributed by atoms with E-state index < -0.39 is 0 Å². The molecule has 0 radical (unpaired) electrons. The van der Waals surface area contributed by atoms with Crippen LogP contribution in [0.5, 0.6) is 0 Å². The molecule has 0 amide bonds.